The van der Waals surface area contributed by atoms with E-state index in [0.717, 1.165) is 90.7 Å². The molecule has 4 fully saturated rings. The second kappa shape index (κ2) is 59.1. The van der Waals surface area contributed by atoms with Crippen molar-refractivity contribution in [2.24, 2.45) is 5.73 Å². The molecule has 1 atom stereocenters. The zero-order valence-electron chi connectivity index (χ0n) is 85.7. The molecule has 3 amide bonds. The molecule has 4 N–H and O–H groups in total. The Kier molecular flexibility index (Phi) is 49.4. The van der Waals surface area contributed by atoms with Crippen LogP contribution in [0.1, 0.15) is 174 Å². The molecule has 42 heteroatoms. The number of thiazole rings is 2. The minimum atomic E-state index is -1.06. The number of nitrogens with one attached hydrogen (secondary N) is 1. The number of esters is 3. The Morgan fingerprint density at radius 2 is 0.731 bits per heavy atom. The van der Waals surface area contributed by atoms with Gasteiger partial charge in [-0.2, -0.15) is 0 Å². The third-order valence-corrected chi connectivity index (χ3v) is 23.1. The van der Waals surface area contributed by atoms with Crippen LogP contribution in [0.3, 0.4) is 0 Å². The van der Waals surface area contributed by atoms with Crippen molar-refractivity contribution in [3.8, 4) is 57.0 Å². The predicted molar refractivity (Wildman–Crippen MR) is 563 cm³/mol. The third-order valence-electron chi connectivity index (χ3n) is 19.4. The van der Waals surface area contributed by atoms with Crippen LogP contribution in [0.25, 0.3) is 22.5 Å². The second-order valence-corrected chi connectivity index (χ2v) is 40.5. The summed E-state index contributed by atoms with van der Waals surface area (Å²) in [6.07, 6.45) is 10.9. The topological polar surface area (TPSA) is 413 Å². The van der Waals surface area contributed by atoms with Crippen LogP contribution in [-0.4, -0.2) is 263 Å². The van der Waals surface area contributed by atoms with Gasteiger partial charge in [-0.1, -0.05) is 93.2 Å². The standard InChI is InChI=1S/C27H31N3O5S.C22H23N3O3S.C17H15BrO4.C10H19N3O2S.C10H19NO2.C10H18O5.C7H6N4S.Li.H2O/c1-5-33-24(31)23-22(19-11-13-21(14-12-19)34-20-9-7-6-8-10-20)28-25(36-23)29-15-17-30(18-16-29)26(32)35-27(2,3)4;1-2-27-21(26)20-19(24-22(29-20)25-14-12-23-13-15-25)16-8-10-18(11-9-16)28-17-6-4-3-5-7-17;1-2-21-17(20)15(18)16(19)12-8-10-14(11-9-12)22-13-6-4-3-5-7-13;1-10(2,3)15-9(14)13-6-4-12(5-7-13)8(11)16;1-10(2,3)13-9(12)11-7-5-4-6-8-11;1-9(2,3)14-7(11)13-8(12)15-10(4,5)6;12-7(10-3-1-8-5-10)11-4-2-9-6-11;;/h6-14H,5,15-18H2,1-4H3;3-11,23H,2,12-15H2,1H3;3-11,15H,2H2,1H3;4-7H2,1-3H3,(H2,11,16);4-8H2,1-3H3;1-6H3;1-6H;;1H2/q;;;;;;;+1;/p-1. The minimum Gasteiger partial charge on any atom is -0.870 e. The van der Waals surface area contributed by atoms with E-state index in [2.05, 4.69) is 45.8 Å². The number of amides is 3. The van der Waals surface area contributed by atoms with E-state index in [-0.39, 0.29) is 73.2 Å². The van der Waals surface area contributed by atoms with Crippen molar-refractivity contribution in [3.63, 3.8) is 0 Å². The molecule has 0 bridgehead atoms. The fourth-order valence-electron chi connectivity index (χ4n) is 12.9. The van der Waals surface area contributed by atoms with E-state index in [1.54, 1.807) is 141 Å². The monoisotopic (exact) mass is 2130 g/mol. The summed E-state index contributed by atoms with van der Waals surface area (Å²) in [4.78, 5) is 135. The number of Topliss-reactive ketones (excluding diaryl/α,β-unsaturated/α-hetero) is 1. The number of ether oxygens (including phenoxy) is 12. The number of hydrogen-bond donors (Lipinski definition) is 2. The molecule has 36 nitrogen and oxygen atoms in total. The number of nitrogens with zero attached hydrogens (tertiary/aromatic N) is 12. The molecule has 0 saturated carbocycles. The van der Waals surface area contributed by atoms with E-state index in [0.29, 0.717) is 113 Å². The summed E-state index contributed by atoms with van der Waals surface area (Å²) < 4.78 is 66.1. The minimum absolute atomic E-state index is 0. The predicted octanol–water partition coefficient (Wildman–Crippen LogP) is 17.7. The van der Waals surface area contributed by atoms with Crippen molar-refractivity contribution in [3.05, 3.63) is 217 Å². The second-order valence-electron chi connectivity index (χ2n) is 36.9. The summed E-state index contributed by atoms with van der Waals surface area (Å²) in [6.45, 7) is 43.1. The number of alkyl halides is 1. The molecular formula is C103H132BrLiN14O22S4. The van der Waals surface area contributed by atoms with Crippen LogP contribution in [0.15, 0.2) is 201 Å². The Hall–Kier alpha value is -12.6. The number of para-hydroxylation sites is 3. The molecule has 4 aliphatic heterocycles. The number of likely N-dealkylation sites (tertiary alicyclic amines) is 1. The molecule has 6 aromatic carbocycles. The van der Waals surface area contributed by atoms with Gasteiger partial charge in [-0.3, -0.25) is 18.7 Å². The van der Waals surface area contributed by atoms with Crippen LogP contribution >= 0.6 is 63.0 Å². The number of aromatic nitrogens is 6. The Morgan fingerprint density at radius 1 is 0.414 bits per heavy atom. The number of halogens is 1. The molecule has 14 rings (SSSR count). The van der Waals surface area contributed by atoms with Gasteiger partial charge in [-0.25, -0.2) is 53.5 Å². The Morgan fingerprint density at radius 3 is 1.06 bits per heavy atom. The molecule has 0 aliphatic carbocycles. The van der Waals surface area contributed by atoms with Crippen LogP contribution in [0.5, 0.6) is 34.5 Å². The number of ketones is 1. The molecule has 4 aliphatic rings. The van der Waals surface area contributed by atoms with Crippen LogP contribution in [0.4, 0.5) is 34.2 Å². The van der Waals surface area contributed by atoms with Crippen molar-refractivity contribution < 1.29 is 124 Å². The van der Waals surface area contributed by atoms with Crippen LogP contribution in [0.2, 0.25) is 0 Å². The molecule has 0 radical (unpaired) electrons. The van der Waals surface area contributed by atoms with Crippen molar-refractivity contribution in [2.75, 3.05) is 121 Å². The molecule has 0 spiro atoms. The van der Waals surface area contributed by atoms with E-state index < -0.39 is 51.5 Å². The van der Waals surface area contributed by atoms with Crippen molar-refractivity contribution in [1.29, 1.82) is 0 Å². The molecular weight excluding hydrogens is 2000 g/mol. The number of piperidine rings is 1. The maximum atomic E-state index is 12.8. The van der Waals surface area contributed by atoms with Crippen LogP contribution < -0.4 is 53.9 Å². The van der Waals surface area contributed by atoms with Gasteiger partial charge in [0.05, 0.1) is 31.2 Å². The summed E-state index contributed by atoms with van der Waals surface area (Å²) >= 11 is 15.8. The number of rotatable bonds is 18. The molecule has 145 heavy (non-hydrogen) atoms. The Labute approximate surface area is 887 Å². The summed E-state index contributed by atoms with van der Waals surface area (Å²) in [5, 5.41) is 5.95. The first kappa shape index (κ1) is 121. The van der Waals surface area contributed by atoms with Gasteiger partial charge in [0.25, 0.3) is 0 Å². The molecule has 1 unspecified atom stereocenters. The average Bonchev–Trinajstić information content (AvgIpc) is 1.65. The molecule has 778 valence electrons. The maximum absolute atomic E-state index is 12.8. The molecule has 8 heterocycles. The Bertz CT molecular complexity index is 5620. The largest absolute Gasteiger partial charge is 1.00 e. The quantitative estimate of drug-likeness (QED) is 0.0153. The van der Waals surface area contributed by atoms with Gasteiger partial charge in [-0.05, 0) is 278 Å². The summed E-state index contributed by atoms with van der Waals surface area (Å²) in [6, 6.07) is 50.3. The van der Waals surface area contributed by atoms with Gasteiger partial charge in [-0.15, -0.1) is 0 Å². The van der Waals surface area contributed by atoms with E-state index >= 15 is 0 Å². The number of carbonyl (C=O) groups is 9. The summed E-state index contributed by atoms with van der Waals surface area (Å²) in [7, 11) is 0. The number of piperazine rings is 3. The third kappa shape index (κ3) is 43.3. The van der Waals surface area contributed by atoms with Gasteiger partial charge in [0, 0.05) is 133 Å². The normalized spacial score (nSPS) is 13.6. The van der Waals surface area contributed by atoms with Crippen LogP contribution in [-0.2, 0) is 47.4 Å². The zero-order chi connectivity index (χ0) is 105. The number of nitrogens with two attached hydrogens (primary N) is 1. The smallest absolute Gasteiger partial charge is 0.870 e. The van der Waals surface area contributed by atoms with E-state index in [9.17, 15) is 43.2 Å². The number of thiocarbonyl (C=S) groups is 2. The first-order valence-corrected chi connectivity index (χ1v) is 50.1. The van der Waals surface area contributed by atoms with Crippen molar-refractivity contribution in [1.82, 2.24) is 54.0 Å². The van der Waals surface area contributed by atoms with E-state index in [1.165, 1.54) is 29.1 Å². The fourth-order valence-corrected chi connectivity index (χ4v) is 15.8. The van der Waals surface area contributed by atoms with E-state index in [1.807, 2.05) is 214 Å². The zero-order valence-corrected chi connectivity index (χ0v) is 90.6. The Balaban J connectivity index is 0.000000268. The van der Waals surface area contributed by atoms with Gasteiger partial charge in [0.2, 0.25) is 0 Å². The van der Waals surface area contributed by atoms with E-state index in [4.69, 9.17) is 92.2 Å². The molecule has 10 aromatic rings. The number of imidazole rings is 2. The van der Waals surface area contributed by atoms with Crippen molar-refractivity contribution in [2.45, 2.75) is 177 Å². The average molecular weight is 2130 g/mol. The molecule has 4 saturated heterocycles. The van der Waals surface area contributed by atoms with Gasteiger partial charge in [0.15, 0.2) is 31.1 Å². The first-order chi connectivity index (χ1) is 67.7. The SMILES string of the molecule is CC(C)(C)OC(=O)N1CCCCC1.CC(C)(C)OC(=O)N1CCN(C(N)=S)CC1.CC(C)(C)OC(=O)OC(=O)OC(C)(C)C.CCOC(=O)C(Br)C(=O)c1ccc(Oc2ccccc2)cc1.CCOC(=O)c1sc(N2CCN(C(=O)OC(C)(C)C)CC2)nc1-c1ccc(Oc2ccccc2)cc1.CCOC(=O)c1sc(N2CCNCC2)nc1-c1ccc(Oc2ccccc2)cc1.S=C(n1ccnc1)n1ccnc1.[Li+].[OH-]. The fraction of sp³-hybridized carbons (Fsp3) is 0.427. The van der Waals surface area contributed by atoms with Gasteiger partial charge < -0.3 is 103 Å². The number of benzene rings is 6. The van der Waals surface area contributed by atoms with Crippen LogP contribution in [0, 0.1) is 0 Å². The summed E-state index contributed by atoms with van der Waals surface area (Å²) in [5.74, 6) is 2.63. The maximum Gasteiger partial charge on any atom is 1.00 e. The molecule has 4 aromatic heterocycles. The number of hydrogen-bond acceptors (Lipinski definition) is 33. The summed E-state index contributed by atoms with van der Waals surface area (Å²) in [5.41, 5.74) is 6.09. The first-order valence-electron chi connectivity index (χ1n) is 46.8. The van der Waals surface area contributed by atoms with Gasteiger partial charge >= 0.3 is 67.4 Å². The number of carbonyl (C=O) groups excluding carboxylic acids is 9. The van der Waals surface area contributed by atoms with Crippen molar-refractivity contribution >= 4 is 138 Å². The number of anilines is 2. The van der Waals surface area contributed by atoms with Gasteiger partial charge in [0.1, 0.15) is 84.9 Å².